The van der Waals surface area contributed by atoms with Crippen LogP contribution in [0.15, 0.2) is 54.6 Å². The van der Waals surface area contributed by atoms with Crippen LogP contribution in [-0.2, 0) is 4.79 Å². The number of benzene rings is 2. The number of amides is 1. The first-order valence-corrected chi connectivity index (χ1v) is 7.61. The molecule has 0 radical (unpaired) electrons. The molecule has 0 aliphatic rings. The smallest absolute Gasteiger partial charge is 0.241 e. The molecule has 2 heteroatoms. The molecular formula is C19H23NO. The van der Waals surface area contributed by atoms with Gasteiger partial charge in [0.05, 0.1) is 0 Å². The first-order chi connectivity index (χ1) is 10.2. The summed E-state index contributed by atoms with van der Waals surface area (Å²) in [4.78, 5) is 10.6. The molecule has 1 unspecified atom stereocenters. The van der Waals surface area contributed by atoms with E-state index in [-0.39, 0.29) is 5.91 Å². The van der Waals surface area contributed by atoms with Gasteiger partial charge in [-0.05, 0) is 47.6 Å². The van der Waals surface area contributed by atoms with Gasteiger partial charge in [-0.1, -0.05) is 61.9 Å². The Kier molecular flexibility index (Phi) is 5.56. The first kappa shape index (κ1) is 15.3. The van der Waals surface area contributed by atoms with Crippen molar-refractivity contribution < 1.29 is 4.79 Å². The number of fused-ring (bicyclic) bond motifs is 1. The van der Waals surface area contributed by atoms with Crippen molar-refractivity contribution in [2.45, 2.75) is 38.5 Å². The van der Waals surface area contributed by atoms with Crippen LogP contribution >= 0.6 is 0 Å². The SMILES string of the molecule is CC(CCCC/C=C/C(N)=O)c1ccc2ccccc2c1. The van der Waals surface area contributed by atoms with Gasteiger partial charge in [-0.3, -0.25) is 4.79 Å². The van der Waals surface area contributed by atoms with Gasteiger partial charge in [-0.2, -0.15) is 0 Å². The normalized spacial score (nSPS) is 12.8. The predicted molar refractivity (Wildman–Crippen MR) is 89.2 cm³/mol. The van der Waals surface area contributed by atoms with Gasteiger partial charge in [-0.15, -0.1) is 0 Å². The Morgan fingerprint density at radius 3 is 2.67 bits per heavy atom. The van der Waals surface area contributed by atoms with E-state index in [1.54, 1.807) is 0 Å². The van der Waals surface area contributed by atoms with E-state index in [0.29, 0.717) is 5.92 Å². The topological polar surface area (TPSA) is 43.1 Å². The number of allylic oxidation sites excluding steroid dienone is 1. The number of primary amides is 1. The molecule has 1 amide bonds. The van der Waals surface area contributed by atoms with Gasteiger partial charge >= 0.3 is 0 Å². The summed E-state index contributed by atoms with van der Waals surface area (Å²) in [7, 11) is 0. The van der Waals surface area contributed by atoms with E-state index >= 15 is 0 Å². The highest BCUT2D eigenvalue weighted by Crippen LogP contribution is 2.25. The lowest BCUT2D eigenvalue weighted by Crippen LogP contribution is -2.05. The zero-order valence-electron chi connectivity index (χ0n) is 12.6. The Morgan fingerprint density at radius 2 is 1.90 bits per heavy atom. The van der Waals surface area contributed by atoms with Gasteiger partial charge in [0.25, 0.3) is 0 Å². The van der Waals surface area contributed by atoms with Crippen molar-refractivity contribution >= 4 is 16.7 Å². The van der Waals surface area contributed by atoms with E-state index < -0.39 is 0 Å². The summed E-state index contributed by atoms with van der Waals surface area (Å²) in [6.45, 7) is 2.28. The van der Waals surface area contributed by atoms with Crippen LogP contribution < -0.4 is 5.73 Å². The van der Waals surface area contributed by atoms with E-state index in [2.05, 4.69) is 49.4 Å². The minimum atomic E-state index is -0.362. The second kappa shape index (κ2) is 7.63. The van der Waals surface area contributed by atoms with Gasteiger partial charge in [0, 0.05) is 0 Å². The summed E-state index contributed by atoms with van der Waals surface area (Å²) in [6, 6.07) is 15.2. The zero-order valence-corrected chi connectivity index (χ0v) is 12.6. The molecule has 2 aromatic rings. The molecule has 2 rings (SSSR count). The minimum absolute atomic E-state index is 0.362. The summed E-state index contributed by atoms with van der Waals surface area (Å²) in [5, 5.41) is 2.61. The second-order valence-corrected chi connectivity index (χ2v) is 5.60. The Hall–Kier alpha value is -2.09. The van der Waals surface area contributed by atoms with Gasteiger partial charge in [-0.25, -0.2) is 0 Å². The third kappa shape index (κ3) is 4.75. The number of carbonyl (C=O) groups excluding carboxylic acids is 1. The third-order valence-corrected chi connectivity index (χ3v) is 3.88. The highest BCUT2D eigenvalue weighted by Gasteiger charge is 2.05. The lowest BCUT2D eigenvalue weighted by molar-refractivity contribution is -0.113. The van der Waals surface area contributed by atoms with Crippen LogP contribution in [-0.4, -0.2) is 5.91 Å². The molecule has 2 aromatic carbocycles. The lowest BCUT2D eigenvalue weighted by Gasteiger charge is -2.12. The molecule has 0 bridgehead atoms. The van der Waals surface area contributed by atoms with Crippen molar-refractivity contribution in [1.82, 2.24) is 0 Å². The Morgan fingerprint density at radius 1 is 1.14 bits per heavy atom. The predicted octanol–water partition coefficient (Wildman–Crippen LogP) is 4.55. The maximum Gasteiger partial charge on any atom is 0.241 e. The average Bonchev–Trinajstić information content (AvgIpc) is 2.49. The van der Waals surface area contributed by atoms with Gasteiger partial charge in [0.15, 0.2) is 0 Å². The lowest BCUT2D eigenvalue weighted by atomic mass is 9.93. The van der Waals surface area contributed by atoms with Crippen molar-refractivity contribution in [2.24, 2.45) is 5.73 Å². The van der Waals surface area contributed by atoms with Crippen LogP contribution in [0.4, 0.5) is 0 Å². The molecule has 1 atom stereocenters. The summed E-state index contributed by atoms with van der Waals surface area (Å²) in [6.07, 6.45) is 7.67. The highest BCUT2D eigenvalue weighted by molar-refractivity contribution is 5.85. The monoisotopic (exact) mass is 281 g/mol. The maximum atomic E-state index is 10.6. The van der Waals surface area contributed by atoms with E-state index in [1.165, 1.54) is 28.8 Å². The number of carbonyl (C=O) groups is 1. The van der Waals surface area contributed by atoms with E-state index in [1.807, 2.05) is 6.08 Å². The molecule has 0 heterocycles. The molecule has 0 aliphatic carbocycles. The maximum absolute atomic E-state index is 10.6. The number of rotatable bonds is 7. The quantitative estimate of drug-likeness (QED) is 0.587. The van der Waals surface area contributed by atoms with Crippen molar-refractivity contribution in [3.05, 3.63) is 60.2 Å². The number of hydrogen-bond donors (Lipinski definition) is 1. The largest absolute Gasteiger partial charge is 0.366 e. The second-order valence-electron chi connectivity index (χ2n) is 5.60. The summed E-state index contributed by atoms with van der Waals surface area (Å²) in [5.74, 6) is 0.203. The van der Waals surface area contributed by atoms with Gasteiger partial charge in [0.1, 0.15) is 0 Å². The van der Waals surface area contributed by atoms with E-state index in [9.17, 15) is 4.79 Å². The summed E-state index contributed by atoms with van der Waals surface area (Å²) < 4.78 is 0. The number of hydrogen-bond acceptors (Lipinski definition) is 1. The fourth-order valence-corrected chi connectivity index (χ4v) is 2.59. The molecule has 0 aromatic heterocycles. The molecule has 2 nitrogen and oxygen atoms in total. The Bertz CT molecular complexity index is 630. The molecule has 2 N–H and O–H groups in total. The zero-order chi connectivity index (χ0) is 15.1. The van der Waals surface area contributed by atoms with Crippen molar-refractivity contribution in [2.75, 3.05) is 0 Å². The highest BCUT2D eigenvalue weighted by atomic mass is 16.1. The Labute approximate surface area is 126 Å². The number of unbranched alkanes of at least 4 members (excludes halogenated alkanes) is 2. The number of nitrogens with two attached hydrogens (primary N) is 1. The molecule has 0 aliphatic heterocycles. The summed E-state index contributed by atoms with van der Waals surface area (Å²) >= 11 is 0. The average molecular weight is 281 g/mol. The van der Waals surface area contributed by atoms with Gasteiger partial charge < -0.3 is 5.73 Å². The Balaban J connectivity index is 1.84. The third-order valence-electron chi connectivity index (χ3n) is 3.88. The van der Waals surface area contributed by atoms with Crippen molar-refractivity contribution in [1.29, 1.82) is 0 Å². The molecule has 0 spiro atoms. The van der Waals surface area contributed by atoms with Gasteiger partial charge in [0.2, 0.25) is 5.91 Å². The molecular weight excluding hydrogens is 258 g/mol. The fourth-order valence-electron chi connectivity index (χ4n) is 2.59. The van der Waals surface area contributed by atoms with Crippen LogP contribution in [0.3, 0.4) is 0 Å². The minimum Gasteiger partial charge on any atom is -0.366 e. The molecule has 0 saturated heterocycles. The van der Waals surface area contributed by atoms with Crippen LogP contribution in [0, 0.1) is 0 Å². The molecule has 21 heavy (non-hydrogen) atoms. The standard InChI is InChI=1S/C19H23NO/c1-15(8-4-2-3-5-11-19(20)21)17-13-12-16-9-6-7-10-18(16)14-17/h5-7,9-15H,2-4,8H2,1H3,(H2,20,21)/b11-5+. The van der Waals surface area contributed by atoms with Crippen molar-refractivity contribution in [3.63, 3.8) is 0 Å². The molecule has 0 saturated carbocycles. The first-order valence-electron chi connectivity index (χ1n) is 7.61. The van der Waals surface area contributed by atoms with Crippen LogP contribution in [0.2, 0.25) is 0 Å². The van der Waals surface area contributed by atoms with Crippen molar-refractivity contribution in [3.8, 4) is 0 Å². The summed E-state index contributed by atoms with van der Waals surface area (Å²) in [5.41, 5.74) is 6.46. The van der Waals surface area contributed by atoms with Crippen LogP contribution in [0.1, 0.15) is 44.1 Å². The van der Waals surface area contributed by atoms with Crippen LogP contribution in [0.25, 0.3) is 10.8 Å². The van der Waals surface area contributed by atoms with E-state index in [4.69, 9.17) is 5.73 Å². The molecule has 0 fully saturated rings. The van der Waals surface area contributed by atoms with E-state index in [0.717, 1.165) is 19.3 Å². The molecule has 110 valence electrons. The van der Waals surface area contributed by atoms with Crippen LogP contribution in [0.5, 0.6) is 0 Å². The fraction of sp³-hybridized carbons (Fsp3) is 0.316.